The van der Waals surface area contributed by atoms with E-state index in [9.17, 15) is 13.5 Å². The number of rotatable bonds is 5. The molecule has 0 saturated heterocycles. The third kappa shape index (κ3) is 3.25. The lowest BCUT2D eigenvalue weighted by Crippen LogP contribution is -2.26. The molecule has 0 fully saturated rings. The average molecular weight is 298 g/mol. The van der Waals surface area contributed by atoms with Crippen LogP contribution in [0.25, 0.3) is 0 Å². The number of anilines is 1. The monoisotopic (exact) mass is 298 g/mol. The van der Waals surface area contributed by atoms with Gasteiger partial charge in [-0.05, 0) is 18.2 Å². The van der Waals surface area contributed by atoms with Crippen LogP contribution >= 0.6 is 0 Å². The quantitative estimate of drug-likeness (QED) is 0.530. The number of nitrogens with two attached hydrogens (primary N) is 1. The van der Waals surface area contributed by atoms with Crippen LogP contribution < -0.4 is 10.5 Å². The number of phenols is 1. The summed E-state index contributed by atoms with van der Waals surface area (Å²) in [5.74, 6) is 0.691. The van der Waals surface area contributed by atoms with Gasteiger partial charge in [0.25, 0.3) is 0 Å². The highest BCUT2D eigenvalue weighted by atomic mass is 32.2. The summed E-state index contributed by atoms with van der Waals surface area (Å²) in [6.45, 7) is 1.78. The lowest BCUT2D eigenvalue weighted by atomic mass is 10.3. The minimum absolute atomic E-state index is 0.00154. The van der Waals surface area contributed by atoms with Gasteiger partial charge < -0.3 is 15.4 Å². The molecule has 0 aliphatic carbocycles. The number of aromatic hydroxyl groups is 1. The van der Waals surface area contributed by atoms with Crippen LogP contribution in [0.2, 0.25) is 0 Å². The highest BCUT2D eigenvalue weighted by Crippen LogP contribution is 2.22. The van der Waals surface area contributed by atoms with Gasteiger partial charge in [0.2, 0.25) is 15.9 Å². The van der Waals surface area contributed by atoms with Gasteiger partial charge in [-0.15, -0.1) is 0 Å². The van der Waals surface area contributed by atoms with Crippen LogP contribution in [0, 0.1) is 6.92 Å². The number of sulfonamides is 1. The first-order valence-electron chi connectivity index (χ1n) is 5.76. The highest BCUT2D eigenvalue weighted by molar-refractivity contribution is 7.89. The molecule has 1 aromatic carbocycles. The summed E-state index contributed by atoms with van der Waals surface area (Å²) in [5, 5.41) is 12.9. The maximum Gasteiger partial charge on any atom is 0.240 e. The number of benzene rings is 1. The van der Waals surface area contributed by atoms with Crippen molar-refractivity contribution in [3.05, 3.63) is 29.9 Å². The molecule has 0 bridgehead atoms. The van der Waals surface area contributed by atoms with E-state index in [1.54, 1.807) is 6.92 Å². The van der Waals surface area contributed by atoms with Crippen LogP contribution in [0.5, 0.6) is 5.75 Å². The molecule has 0 aliphatic heterocycles. The second-order valence-corrected chi connectivity index (χ2v) is 5.86. The molecule has 2 rings (SSSR count). The molecule has 108 valence electrons. The van der Waals surface area contributed by atoms with Gasteiger partial charge in [0.15, 0.2) is 5.82 Å². The third-order valence-electron chi connectivity index (χ3n) is 2.52. The maximum absolute atomic E-state index is 12.0. The first kappa shape index (κ1) is 14.3. The van der Waals surface area contributed by atoms with E-state index in [1.807, 2.05) is 0 Å². The van der Waals surface area contributed by atoms with Crippen molar-refractivity contribution >= 4 is 15.7 Å². The molecule has 4 N–H and O–H groups in total. The zero-order chi connectivity index (χ0) is 14.8. The number of phenolic OH excluding ortho intramolecular Hbond substituents is 1. The number of nitrogens with one attached hydrogen (secondary N) is 1. The van der Waals surface area contributed by atoms with Crippen LogP contribution in [0.15, 0.2) is 27.6 Å². The maximum atomic E-state index is 12.0. The normalized spacial score (nSPS) is 11.7. The van der Waals surface area contributed by atoms with Gasteiger partial charge in [-0.2, -0.15) is 4.98 Å². The summed E-state index contributed by atoms with van der Waals surface area (Å²) in [6, 6.07) is 3.69. The Bertz CT molecular complexity index is 711. The molecule has 0 radical (unpaired) electrons. The van der Waals surface area contributed by atoms with Crippen molar-refractivity contribution in [2.75, 3.05) is 12.3 Å². The Morgan fingerprint density at radius 3 is 2.80 bits per heavy atom. The van der Waals surface area contributed by atoms with Crippen LogP contribution in [-0.4, -0.2) is 30.2 Å². The van der Waals surface area contributed by atoms with Crippen molar-refractivity contribution in [3.63, 3.8) is 0 Å². The van der Waals surface area contributed by atoms with Crippen molar-refractivity contribution in [1.82, 2.24) is 14.9 Å². The molecule has 2 aromatic rings. The predicted octanol–water partition coefficient (Wildman–Crippen LogP) is 0.187. The van der Waals surface area contributed by atoms with Gasteiger partial charge in [-0.1, -0.05) is 5.16 Å². The van der Waals surface area contributed by atoms with E-state index in [-0.39, 0.29) is 22.9 Å². The topological polar surface area (TPSA) is 131 Å². The molecule has 0 aliphatic rings. The molecule has 9 heteroatoms. The van der Waals surface area contributed by atoms with Gasteiger partial charge in [0, 0.05) is 19.9 Å². The summed E-state index contributed by atoms with van der Waals surface area (Å²) in [5.41, 5.74) is 5.47. The molecule has 0 atom stereocenters. The van der Waals surface area contributed by atoms with Crippen molar-refractivity contribution in [2.24, 2.45) is 0 Å². The minimum atomic E-state index is -3.69. The van der Waals surface area contributed by atoms with Crippen molar-refractivity contribution in [2.45, 2.75) is 18.2 Å². The van der Waals surface area contributed by atoms with E-state index in [4.69, 9.17) is 10.3 Å². The summed E-state index contributed by atoms with van der Waals surface area (Å²) < 4.78 is 31.1. The Labute approximate surface area is 115 Å². The third-order valence-corrected chi connectivity index (χ3v) is 3.98. The minimum Gasteiger partial charge on any atom is -0.506 e. The lowest BCUT2D eigenvalue weighted by molar-refractivity contribution is 0.387. The molecule has 0 spiro atoms. The van der Waals surface area contributed by atoms with Crippen LogP contribution in [0.1, 0.15) is 11.7 Å². The van der Waals surface area contributed by atoms with Crippen LogP contribution in [0.4, 0.5) is 5.69 Å². The molecule has 0 unspecified atom stereocenters. The SMILES string of the molecule is Cc1nc(CCNS(=O)(=O)c2ccc(O)c(N)c2)no1. The fourth-order valence-electron chi connectivity index (χ4n) is 1.52. The zero-order valence-corrected chi connectivity index (χ0v) is 11.5. The summed E-state index contributed by atoms with van der Waals surface area (Å²) >= 11 is 0. The Morgan fingerprint density at radius 1 is 1.45 bits per heavy atom. The van der Waals surface area contributed by atoms with Gasteiger partial charge >= 0.3 is 0 Å². The fourth-order valence-corrected chi connectivity index (χ4v) is 2.59. The lowest BCUT2D eigenvalue weighted by Gasteiger charge is -2.07. The van der Waals surface area contributed by atoms with E-state index in [0.29, 0.717) is 18.1 Å². The van der Waals surface area contributed by atoms with Crippen molar-refractivity contribution in [1.29, 1.82) is 0 Å². The average Bonchev–Trinajstić information content (AvgIpc) is 2.78. The van der Waals surface area contributed by atoms with Crippen LogP contribution in [0.3, 0.4) is 0 Å². The smallest absolute Gasteiger partial charge is 0.240 e. The number of hydrogen-bond acceptors (Lipinski definition) is 7. The van der Waals surface area contributed by atoms with Gasteiger partial charge in [-0.25, -0.2) is 13.1 Å². The number of hydrogen-bond donors (Lipinski definition) is 3. The molecule has 8 nitrogen and oxygen atoms in total. The number of nitrogen functional groups attached to an aromatic ring is 1. The molecule has 1 aromatic heterocycles. The van der Waals surface area contributed by atoms with Crippen molar-refractivity contribution in [3.8, 4) is 5.75 Å². The number of nitrogens with zero attached hydrogens (tertiary/aromatic N) is 2. The van der Waals surface area contributed by atoms with E-state index in [2.05, 4.69) is 14.9 Å². The Morgan fingerprint density at radius 2 is 2.20 bits per heavy atom. The molecule has 0 saturated carbocycles. The van der Waals surface area contributed by atoms with Crippen LogP contribution in [-0.2, 0) is 16.4 Å². The second kappa shape index (κ2) is 5.47. The second-order valence-electron chi connectivity index (χ2n) is 4.10. The first-order chi connectivity index (χ1) is 9.38. The van der Waals surface area contributed by atoms with Gasteiger partial charge in [0.05, 0.1) is 10.6 Å². The fraction of sp³-hybridized carbons (Fsp3) is 0.273. The van der Waals surface area contributed by atoms with E-state index in [0.717, 1.165) is 0 Å². The molecule has 0 amide bonds. The largest absolute Gasteiger partial charge is 0.506 e. The standard InChI is InChI=1S/C11H14N4O4S/c1-7-14-11(15-19-7)4-5-13-20(17,18)8-2-3-10(16)9(12)6-8/h2-3,6,13,16H,4-5,12H2,1H3. The predicted molar refractivity (Wildman–Crippen MR) is 70.4 cm³/mol. The summed E-state index contributed by atoms with van der Waals surface area (Å²) in [6.07, 6.45) is 0.310. The van der Waals surface area contributed by atoms with E-state index < -0.39 is 10.0 Å². The number of aromatic nitrogens is 2. The first-order valence-corrected chi connectivity index (χ1v) is 7.24. The molecule has 1 heterocycles. The Kier molecular flexibility index (Phi) is 3.91. The molecular weight excluding hydrogens is 284 g/mol. The van der Waals surface area contributed by atoms with Gasteiger partial charge in [-0.3, -0.25) is 0 Å². The summed E-state index contributed by atoms with van der Waals surface area (Å²) in [4.78, 5) is 3.95. The van der Waals surface area contributed by atoms with E-state index in [1.165, 1.54) is 18.2 Å². The van der Waals surface area contributed by atoms with Gasteiger partial charge in [0.1, 0.15) is 5.75 Å². The summed E-state index contributed by atoms with van der Waals surface area (Å²) in [7, 11) is -3.69. The zero-order valence-electron chi connectivity index (χ0n) is 10.7. The Hall–Kier alpha value is -2.13. The molecule has 20 heavy (non-hydrogen) atoms. The van der Waals surface area contributed by atoms with Crippen molar-refractivity contribution < 1.29 is 18.0 Å². The Balaban J connectivity index is 2.02. The molecular formula is C11H14N4O4S. The van der Waals surface area contributed by atoms with E-state index >= 15 is 0 Å². The highest BCUT2D eigenvalue weighted by Gasteiger charge is 2.15. The number of aryl methyl sites for hydroxylation is 1.